The molecule has 0 fully saturated rings. The van der Waals surface area contributed by atoms with E-state index >= 15 is 0 Å². The lowest BCUT2D eigenvalue weighted by molar-refractivity contribution is 0.240. The summed E-state index contributed by atoms with van der Waals surface area (Å²) in [7, 11) is 0. The van der Waals surface area contributed by atoms with Crippen molar-refractivity contribution in [3.63, 3.8) is 0 Å². The van der Waals surface area contributed by atoms with Gasteiger partial charge in [-0.25, -0.2) is 4.79 Å². The number of carbonyl (C=O) groups is 1. The van der Waals surface area contributed by atoms with E-state index in [1.54, 1.807) is 0 Å². The molecule has 25 heavy (non-hydrogen) atoms. The van der Waals surface area contributed by atoms with Gasteiger partial charge in [-0.1, -0.05) is 55.8 Å². The monoisotopic (exact) mass is 333 g/mol. The summed E-state index contributed by atoms with van der Waals surface area (Å²) in [5, 5.41) is 8.02. The molecular weight excluding hydrogens is 310 g/mol. The molecule has 0 radical (unpaired) electrons. The molecule has 0 saturated heterocycles. The van der Waals surface area contributed by atoms with Crippen LogP contribution in [-0.2, 0) is 6.54 Å². The number of pyridine rings is 1. The zero-order valence-electron chi connectivity index (χ0n) is 14.5. The Bertz CT molecular complexity index is 846. The fraction of sp³-hybridized carbons (Fsp3) is 0.238. The molecule has 3 rings (SSSR count). The number of amides is 2. The van der Waals surface area contributed by atoms with E-state index in [9.17, 15) is 4.79 Å². The molecule has 0 aliphatic rings. The summed E-state index contributed by atoms with van der Waals surface area (Å²) in [5.41, 5.74) is 3.41. The number of hydrogen-bond acceptors (Lipinski definition) is 2. The number of rotatable bonds is 6. The van der Waals surface area contributed by atoms with Crippen LogP contribution in [0.5, 0.6) is 0 Å². The first kappa shape index (κ1) is 17.0. The highest BCUT2D eigenvalue weighted by molar-refractivity contribution is 5.98. The van der Waals surface area contributed by atoms with Crippen molar-refractivity contribution in [2.75, 3.05) is 6.54 Å². The molecule has 4 heteroatoms. The van der Waals surface area contributed by atoms with Crippen LogP contribution in [-0.4, -0.2) is 17.6 Å². The van der Waals surface area contributed by atoms with Crippen LogP contribution in [0.4, 0.5) is 4.79 Å². The number of hydrogen-bond donors (Lipinski definition) is 2. The second-order valence-corrected chi connectivity index (χ2v) is 6.02. The van der Waals surface area contributed by atoms with E-state index in [2.05, 4.69) is 46.8 Å². The average Bonchev–Trinajstić information content (AvgIpc) is 2.67. The largest absolute Gasteiger partial charge is 0.338 e. The Kier molecular flexibility index (Phi) is 5.62. The zero-order valence-corrected chi connectivity index (χ0v) is 14.5. The minimum absolute atomic E-state index is 0.127. The number of urea groups is 1. The highest BCUT2D eigenvalue weighted by Gasteiger charge is 2.09. The molecule has 2 aromatic carbocycles. The SMILES string of the molecule is CCCCNC(=O)NCc1ccc(-c2ccccc2)c2ccncc12. The van der Waals surface area contributed by atoms with Gasteiger partial charge in [0.15, 0.2) is 0 Å². The summed E-state index contributed by atoms with van der Waals surface area (Å²) in [6, 6.07) is 16.4. The summed E-state index contributed by atoms with van der Waals surface area (Å²) in [5.74, 6) is 0. The van der Waals surface area contributed by atoms with Crippen LogP contribution in [0, 0.1) is 0 Å². The summed E-state index contributed by atoms with van der Waals surface area (Å²) >= 11 is 0. The van der Waals surface area contributed by atoms with Crippen molar-refractivity contribution in [3.8, 4) is 11.1 Å². The highest BCUT2D eigenvalue weighted by Crippen LogP contribution is 2.30. The standard InChI is InChI=1S/C21H23N3O/c1-2-3-12-23-21(25)24-14-17-9-10-18(16-7-5-4-6-8-16)19-11-13-22-15-20(17)19/h4-11,13,15H,2-3,12,14H2,1H3,(H2,23,24,25). The van der Waals surface area contributed by atoms with Crippen molar-refractivity contribution in [3.05, 3.63) is 66.5 Å². The molecule has 3 aromatic rings. The first-order valence-electron chi connectivity index (χ1n) is 8.72. The maximum Gasteiger partial charge on any atom is 0.315 e. The van der Waals surface area contributed by atoms with Gasteiger partial charge in [0.05, 0.1) is 0 Å². The van der Waals surface area contributed by atoms with Crippen LogP contribution in [0.15, 0.2) is 60.9 Å². The number of benzene rings is 2. The van der Waals surface area contributed by atoms with Gasteiger partial charge in [-0.05, 0) is 34.6 Å². The van der Waals surface area contributed by atoms with E-state index in [0.29, 0.717) is 13.1 Å². The predicted molar refractivity (Wildman–Crippen MR) is 102 cm³/mol. The number of fused-ring (bicyclic) bond motifs is 1. The molecule has 0 atom stereocenters. The van der Waals surface area contributed by atoms with Gasteiger partial charge in [0, 0.05) is 30.9 Å². The Morgan fingerprint density at radius 1 is 1.00 bits per heavy atom. The van der Waals surface area contributed by atoms with Crippen molar-refractivity contribution in [1.29, 1.82) is 0 Å². The van der Waals surface area contributed by atoms with E-state index in [4.69, 9.17) is 0 Å². The molecule has 1 aromatic heterocycles. The lowest BCUT2D eigenvalue weighted by Crippen LogP contribution is -2.35. The third-order valence-electron chi connectivity index (χ3n) is 4.25. The van der Waals surface area contributed by atoms with Crippen LogP contribution in [0.3, 0.4) is 0 Å². The Morgan fingerprint density at radius 2 is 1.84 bits per heavy atom. The van der Waals surface area contributed by atoms with E-state index in [0.717, 1.165) is 29.2 Å². The second kappa shape index (κ2) is 8.29. The number of aromatic nitrogens is 1. The maximum atomic E-state index is 11.9. The number of carbonyl (C=O) groups excluding carboxylic acids is 1. The Balaban J connectivity index is 1.82. The van der Waals surface area contributed by atoms with E-state index < -0.39 is 0 Å². The summed E-state index contributed by atoms with van der Waals surface area (Å²) in [4.78, 5) is 16.1. The molecule has 0 aliphatic heterocycles. The van der Waals surface area contributed by atoms with Crippen molar-refractivity contribution < 1.29 is 4.79 Å². The topological polar surface area (TPSA) is 54.0 Å². The van der Waals surface area contributed by atoms with Crippen LogP contribution >= 0.6 is 0 Å². The third-order valence-corrected chi connectivity index (χ3v) is 4.25. The van der Waals surface area contributed by atoms with Crippen molar-refractivity contribution in [2.24, 2.45) is 0 Å². The molecule has 2 amide bonds. The first-order chi connectivity index (χ1) is 12.3. The fourth-order valence-corrected chi connectivity index (χ4v) is 2.89. The van der Waals surface area contributed by atoms with Crippen LogP contribution in [0.25, 0.3) is 21.9 Å². The van der Waals surface area contributed by atoms with Gasteiger partial charge >= 0.3 is 6.03 Å². The van der Waals surface area contributed by atoms with Gasteiger partial charge in [-0.3, -0.25) is 4.98 Å². The van der Waals surface area contributed by atoms with Crippen molar-refractivity contribution in [1.82, 2.24) is 15.6 Å². The first-order valence-corrected chi connectivity index (χ1v) is 8.72. The van der Waals surface area contributed by atoms with Crippen LogP contribution in [0.1, 0.15) is 25.3 Å². The number of nitrogens with zero attached hydrogens (tertiary/aromatic N) is 1. The van der Waals surface area contributed by atoms with Crippen LogP contribution < -0.4 is 10.6 Å². The molecule has 2 N–H and O–H groups in total. The molecule has 0 bridgehead atoms. The van der Waals surface area contributed by atoms with Gasteiger partial charge in [-0.2, -0.15) is 0 Å². The van der Waals surface area contributed by atoms with Crippen molar-refractivity contribution in [2.45, 2.75) is 26.3 Å². The molecule has 1 heterocycles. The van der Waals surface area contributed by atoms with Gasteiger partial charge in [-0.15, -0.1) is 0 Å². The molecule has 0 spiro atoms. The normalized spacial score (nSPS) is 10.6. The van der Waals surface area contributed by atoms with Gasteiger partial charge in [0.25, 0.3) is 0 Å². The average molecular weight is 333 g/mol. The second-order valence-electron chi connectivity index (χ2n) is 6.02. The highest BCUT2D eigenvalue weighted by atomic mass is 16.2. The molecule has 128 valence electrons. The quantitative estimate of drug-likeness (QED) is 0.653. The summed E-state index contributed by atoms with van der Waals surface area (Å²) < 4.78 is 0. The van der Waals surface area contributed by atoms with E-state index in [1.165, 1.54) is 11.1 Å². The predicted octanol–water partition coefficient (Wildman–Crippen LogP) is 4.50. The zero-order chi connectivity index (χ0) is 17.5. The Hall–Kier alpha value is -2.88. The Morgan fingerprint density at radius 3 is 2.64 bits per heavy atom. The Labute approximate surface area is 148 Å². The molecular formula is C21H23N3O. The molecule has 4 nitrogen and oxygen atoms in total. The lowest BCUT2D eigenvalue weighted by Gasteiger charge is -2.12. The molecule has 0 unspecified atom stereocenters. The third kappa shape index (κ3) is 4.15. The summed E-state index contributed by atoms with van der Waals surface area (Å²) in [6.45, 7) is 3.29. The van der Waals surface area contributed by atoms with E-state index in [1.807, 2.05) is 36.7 Å². The fourth-order valence-electron chi connectivity index (χ4n) is 2.89. The minimum Gasteiger partial charge on any atom is -0.338 e. The smallest absolute Gasteiger partial charge is 0.315 e. The minimum atomic E-state index is -0.127. The van der Waals surface area contributed by atoms with Crippen molar-refractivity contribution >= 4 is 16.8 Å². The lowest BCUT2D eigenvalue weighted by atomic mass is 9.96. The molecule has 0 saturated carbocycles. The molecule has 0 aliphatic carbocycles. The van der Waals surface area contributed by atoms with Crippen LogP contribution in [0.2, 0.25) is 0 Å². The maximum absolute atomic E-state index is 11.9. The number of nitrogens with one attached hydrogen (secondary N) is 2. The van der Waals surface area contributed by atoms with Gasteiger partial charge in [0.1, 0.15) is 0 Å². The summed E-state index contributed by atoms with van der Waals surface area (Å²) in [6.07, 6.45) is 5.74. The van der Waals surface area contributed by atoms with Gasteiger partial charge in [0.2, 0.25) is 0 Å². The van der Waals surface area contributed by atoms with E-state index in [-0.39, 0.29) is 6.03 Å². The number of unbranched alkanes of at least 4 members (excludes halogenated alkanes) is 1. The van der Waals surface area contributed by atoms with Gasteiger partial charge < -0.3 is 10.6 Å².